The van der Waals surface area contributed by atoms with E-state index in [1.54, 1.807) is 0 Å². The average Bonchev–Trinajstić information content (AvgIpc) is 2.48. The predicted molar refractivity (Wildman–Crippen MR) is 106 cm³/mol. The molecule has 0 saturated heterocycles. The molecule has 0 fully saturated rings. The number of nitrogens with zero attached hydrogens (tertiary/aromatic N) is 1. The molecule has 0 bridgehead atoms. The maximum Gasteiger partial charge on any atom is 0.128 e. The van der Waals surface area contributed by atoms with Gasteiger partial charge in [0.15, 0.2) is 0 Å². The van der Waals surface area contributed by atoms with Crippen LogP contribution in [0, 0.1) is 10.5 Å². The molecule has 0 amide bonds. The first kappa shape index (κ1) is 17.5. The molecule has 2 rings (SSSR count). The highest BCUT2D eigenvalue weighted by Gasteiger charge is 2.03. The summed E-state index contributed by atoms with van der Waals surface area (Å²) in [6.07, 6.45) is 4.06. The van der Waals surface area contributed by atoms with Gasteiger partial charge in [-0.3, -0.25) is 4.99 Å². The van der Waals surface area contributed by atoms with E-state index in [1.165, 1.54) is 9.13 Å². The SMILES string of the molecule is CCCCOc1ccc(Br)cc1C=Nc1ccc(I)cc1C. The fourth-order valence-corrected chi connectivity index (χ4v) is 3.01. The molecule has 22 heavy (non-hydrogen) atoms. The van der Waals surface area contributed by atoms with Crippen LogP contribution in [-0.2, 0) is 0 Å². The minimum atomic E-state index is 0.738. The lowest BCUT2D eigenvalue weighted by molar-refractivity contribution is 0.309. The van der Waals surface area contributed by atoms with Gasteiger partial charge in [0, 0.05) is 19.8 Å². The molecule has 0 aliphatic carbocycles. The Kier molecular flexibility index (Phi) is 6.89. The van der Waals surface area contributed by atoms with E-state index in [0.717, 1.165) is 40.9 Å². The van der Waals surface area contributed by atoms with Crippen molar-refractivity contribution < 1.29 is 4.74 Å². The zero-order valence-corrected chi connectivity index (χ0v) is 16.5. The Labute approximate surface area is 154 Å². The Morgan fingerprint density at radius 1 is 1.23 bits per heavy atom. The van der Waals surface area contributed by atoms with Crippen LogP contribution in [0.1, 0.15) is 30.9 Å². The Bertz CT molecular complexity index is 670. The molecule has 116 valence electrons. The van der Waals surface area contributed by atoms with E-state index < -0.39 is 0 Å². The van der Waals surface area contributed by atoms with E-state index >= 15 is 0 Å². The van der Waals surface area contributed by atoms with Crippen molar-refractivity contribution in [2.75, 3.05) is 6.61 Å². The maximum atomic E-state index is 5.86. The van der Waals surface area contributed by atoms with Gasteiger partial charge < -0.3 is 4.74 Å². The lowest BCUT2D eigenvalue weighted by atomic mass is 10.2. The standard InChI is InChI=1S/C18H19BrINO/c1-3-4-9-22-18-8-5-15(19)11-14(18)12-21-17-7-6-16(20)10-13(17)2/h5-8,10-12H,3-4,9H2,1-2H3. The molecule has 0 atom stereocenters. The number of unbranched alkanes of at least 4 members (excludes halogenated alkanes) is 1. The first-order valence-corrected chi connectivity index (χ1v) is 9.20. The van der Waals surface area contributed by atoms with Gasteiger partial charge in [0.05, 0.1) is 12.3 Å². The highest BCUT2D eigenvalue weighted by molar-refractivity contribution is 14.1. The zero-order chi connectivity index (χ0) is 15.9. The van der Waals surface area contributed by atoms with Crippen LogP contribution < -0.4 is 4.74 Å². The highest BCUT2D eigenvalue weighted by atomic mass is 127. The van der Waals surface area contributed by atoms with E-state index in [4.69, 9.17) is 4.74 Å². The van der Waals surface area contributed by atoms with Crippen molar-refractivity contribution in [1.29, 1.82) is 0 Å². The molecule has 2 aromatic rings. The van der Waals surface area contributed by atoms with Crippen molar-refractivity contribution >= 4 is 50.4 Å². The number of hydrogen-bond donors (Lipinski definition) is 0. The van der Waals surface area contributed by atoms with Crippen molar-refractivity contribution in [1.82, 2.24) is 0 Å². The minimum absolute atomic E-state index is 0.738. The summed E-state index contributed by atoms with van der Waals surface area (Å²) in [5, 5.41) is 0. The fraction of sp³-hybridized carbons (Fsp3) is 0.278. The summed E-state index contributed by atoms with van der Waals surface area (Å²) in [5.74, 6) is 0.878. The van der Waals surface area contributed by atoms with Crippen molar-refractivity contribution in [3.8, 4) is 5.75 Å². The molecule has 0 aliphatic rings. The summed E-state index contributed by atoms with van der Waals surface area (Å²) in [6.45, 7) is 4.97. The van der Waals surface area contributed by atoms with Crippen LogP contribution in [0.3, 0.4) is 0 Å². The molecule has 2 aromatic carbocycles. The van der Waals surface area contributed by atoms with Gasteiger partial charge in [-0.15, -0.1) is 0 Å². The normalized spacial score (nSPS) is 11.1. The minimum Gasteiger partial charge on any atom is -0.493 e. The van der Waals surface area contributed by atoms with E-state index in [0.29, 0.717) is 0 Å². The number of hydrogen-bond acceptors (Lipinski definition) is 2. The lowest BCUT2D eigenvalue weighted by Gasteiger charge is -2.09. The van der Waals surface area contributed by atoms with Crippen LogP contribution in [0.2, 0.25) is 0 Å². The maximum absolute atomic E-state index is 5.86. The van der Waals surface area contributed by atoms with Gasteiger partial charge in [0.1, 0.15) is 5.75 Å². The number of halogens is 2. The Morgan fingerprint density at radius 2 is 2.05 bits per heavy atom. The van der Waals surface area contributed by atoms with Gasteiger partial charge >= 0.3 is 0 Å². The second-order valence-electron chi connectivity index (χ2n) is 5.07. The topological polar surface area (TPSA) is 21.6 Å². The quantitative estimate of drug-likeness (QED) is 0.275. The van der Waals surface area contributed by atoms with Crippen LogP contribution in [0.25, 0.3) is 0 Å². The Hall–Kier alpha value is -0.880. The van der Waals surface area contributed by atoms with Crippen LogP contribution >= 0.6 is 38.5 Å². The molecule has 0 aliphatic heterocycles. The van der Waals surface area contributed by atoms with Gasteiger partial charge in [0.2, 0.25) is 0 Å². The van der Waals surface area contributed by atoms with Gasteiger partial charge in [-0.2, -0.15) is 0 Å². The van der Waals surface area contributed by atoms with E-state index in [9.17, 15) is 0 Å². The first-order chi connectivity index (χ1) is 10.6. The third-order valence-corrected chi connectivity index (χ3v) is 4.39. The van der Waals surface area contributed by atoms with Gasteiger partial charge in [-0.05, 0) is 77.9 Å². The van der Waals surface area contributed by atoms with E-state index in [1.807, 2.05) is 30.5 Å². The molecule has 0 aromatic heterocycles. The molecular formula is C18H19BrINO. The summed E-state index contributed by atoms with van der Waals surface area (Å²) in [6, 6.07) is 12.3. The molecule has 0 spiro atoms. The Morgan fingerprint density at radius 3 is 2.77 bits per heavy atom. The average molecular weight is 472 g/mol. The largest absolute Gasteiger partial charge is 0.493 e. The number of benzene rings is 2. The predicted octanol–water partition coefficient (Wildman–Crippen LogP) is 6.29. The molecule has 2 nitrogen and oxygen atoms in total. The summed E-state index contributed by atoms with van der Waals surface area (Å²) in [4.78, 5) is 4.62. The number of aliphatic imine (C=N–C) groups is 1. The van der Waals surface area contributed by atoms with Crippen LogP contribution in [0.4, 0.5) is 5.69 Å². The van der Waals surface area contributed by atoms with Crippen molar-refractivity contribution in [3.05, 3.63) is 55.6 Å². The number of ether oxygens (including phenoxy) is 1. The third kappa shape index (κ3) is 5.09. The van der Waals surface area contributed by atoms with E-state index in [-0.39, 0.29) is 0 Å². The van der Waals surface area contributed by atoms with Gasteiger partial charge in [0.25, 0.3) is 0 Å². The highest BCUT2D eigenvalue weighted by Crippen LogP contribution is 2.25. The van der Waals surface area contributed by atoms with Gasteiger partial charge in [-0.1, -0.05) is 29.3 Å². The molecular weight excluding hydrogens is 453 g/mol. The van der Waals surface area contributed by atoms with Crippen molar-refractivity contribution in [2.24, 2.45) is 4.99 Å². The molecule has 4 heteroatoms. The third-order valence-electron chi connectivity index (χ3n) is 3.23. The van der Waals surface area contributed by atoms with Crippen molar-refractivity contribution in [3.63, 3.8) is 0 Å². The molecule has 0 heterocycles. The molecule has 0 N–H and O–H groups in total. The summed E-state index contributed by atoms with van der Waals surface area (Å²) in [7, 11) is 0. The lowest BCUT2D eigenvalue weighted by Crippen LogP contribution is -1.99. The van der Waals surface area contributed by atoms with E-state index in [2.05, 4.69) is 69.5 Å². The summed E-state index contributed by atoms with van der Waals surface area (Å²) >= 11 is 5.82. The molecule has 0 saturated carbocycles. The van der Waals surface area contributed by atoms with Gasteiger partial charge in [-0.25, -0.2) is 0 Å². The van der Waals surface area contributed by atoms with Crippen LogP contribution in [-0.4, -0.2) is 12.8 Å². The summed E-state index contributed by atoms with van der Waals surface area (Å²) < 4.78 is 8.10. The number of aryl methyl sites for hydroxylation is 1. The smallest absolute Gasteiger partial charge is 0.128 e. The second-order valence-corrected chi connectivity index (χ2v) is 7.23. The van der Waals surface area contributed by atoms with Crippen LogP contribution in [0.15, 0.2) is 45.9 Å². The monoisotopic (exact) mass is 471 g/mol. The molecule has 0 unspecified atom stereocenters. The second kappa shape index (κ2) is 8.67. The zero-order valence-electron chi connectivity index (χ0n) is 12.8. The molecule has 0 radical (unpaired) electrons. The Balaban J connectivity index is 2.23. The number of rotatable bonds is 6. The van der Waals surface area contributed by atoms with Crippen molar-refractivity contribution in [2.45, 2.75) is 26.7 Å². The summed E-state index contributed by atoms with van der Waals surface area (Å²) in [5.41, 5.74) is 3.15. The first-order valence-electron chi connectivity index (χ1n) is 7.32. The van der Waals surface area contributed by atoms with Crippen LogP contribution in [0.5, 0.6) is 5.75 Å². The fourth-order valence-electron chi connectivity index (χ4n) is 1.98.